The van der Waals surface area contributed by atoms with E-state index in [1.54, 1.807) is 48.5 Å². The lowest BCUT2D eigenvalue weighted by molar-refractivity contribution is -0.132. The second-order valence-corrected chi connectivity index (χ2v) is 9.02. The van der Waals surface area contributed by atoms with Crippen LogP contribution in [0.1, 0.15) is 23.6 Å². The first-order valence-electron chi connectivity index (χ1n) is 11.3. The number of urea groups is 1. The van der Waals surface area contributed by atoms with Crippen molar-refractivity contribution in [2.45, 2.75) is 19.0 Å². The van der Waals surface area contributed by atoms with Gasteiger partial charge in [-0.25, -0.2) is 4.79 Å². The predicted molar refractivity (Wildman–Crippen MR) is 140 cm³/mol. The van der Waals surface area contributed by atoms with Crippen molar-refractivity contribution < 1.29 is 14.3 Å². The van der Waals surface area contributed by atoms with Crippen LogP contribution >= 0.6 is 15.9 Å². The van der Waals surface area contributed by atoms with E-state index in [2.05, 4.69) is 26.6 Å². The first-order valence-corrected chi connectivity index (χ1v) is 12.1. The van der Waals surface area contributed by atoms with E-state index in [1.807, 2.05) is 41.4 Å². The van der Waals surface area contributed by atoms with Crippen LogP contribution in [0.15, 0.2) is 77.3 Å². The minimum Gasteiger partial charge on any atom is -0.497 e. The summed E-state index contributed by atoms with van der Waals surface area (Å²) in [7, 11) is 1.58. The van der Waals surface area contributed by atoms with Crippen LogP contribution in [0.4, 0.5) is 16.2 Å². The van der Waals surface area contributed by atoms with E-state index in [4.69, 9.17) is 10.5 Å². The van der Waals surface area contributed by atoms with Gasteiger partial charge >= 0.3 is 6.03 Å². The Morgan fingerprint density at radius 1 is 1.03 bits per heavy atom. The maximum absolute atomic E-state index is 13.8. The number of nitrogen functional groups attached to an aromatic ring is 1. The number of rotatable bonds is 7. The summed E-state index contributed by atoms with van der Waals surface area (Å²) in [5.74, 6) is 0.454. The average Bonchev–Trinajstić information content (AvgIpc) is 3.37. The van der Waals surface area contributed by atoms with Crippen LogP contribution in [0.25, 0.3) is 0 Å². The fourth-order valence-electron chi connectivity index (χ4n) is 3.99. The summed E-state index contributed by atoms with van der Waals surface area (Å²) in [4.78, 5) is 26.7. The number of hydrazine groups is 1. The molecule has 182 valence electrons. The lowest BCUT2D eigenvalue weighted by Gasteiger charge is -2.33. The molecule has 9 heteroatoms. The molecule has 0 saturated carbocycles. The molecule has 1 atom stereocenters. The molecular weight excluding hydrogens is 510 g/mol. The number of hydrogen-bond acceptors (Lipinski definition) is 5. The summed E-state index contributed by atoms with van der Waals surface area (Å²) in [6.45, 7) is 1.57. The van der Waals surface area contributed by atoms with E-state index in [9.17, 15) is 9.59 Å². The van der Waals surface area contributed by atoms with Gasteiger partial charge in [0.15, 0.2) is 0 Å². The fraction of sp³-hybridized carbons (Fsp3) is 0.231. The Bertz CT molecular complexity index is 1170. The zero-order valence-corrected chi connectivity index (χ0v) is 21.0. The summed E-state index contributed by atoms with van der Waals surface area (Å²) < 4.78 is 6.15. The molecule has 0 radical (unpaired) electrons. The van der Waals surface area contributed by atoms with E-state index in [1.165, 1.54) is 0 Å². The summed E-state index contributed by atoms with van der Waals surface area (Å²) >= 11 is 3.59. The molecule has 0 spiro atoms. The quantitative estimate of drug-likeness (QED) is 0.391. The fourth-order valence-corrected chi connectivity index (χ4v) is 4.47. The van der Waals surface area contributed by atoms with Gasteiger partial charge in [0.25, 0.3) is 5.91 Å². The summed E-state index contributed by atoms with van der Waals surface area (Å²) in [5, 5.41) is 9.36. The topological polar surface area (TPSA) is 99.9 Å². The van der Waals surface area contributed by atoms with Crippen molar-refractivity contribution in [1.29, 1.82) is 0 Å². The van der Waals surface area contributed by atoms with Gasteiger partial charge in [0.1, 0.15) is 11.8 Å². The molecular formula is C26H28BrN5O3. The molecule has 1 fully saturated rings. The maximum Gasteiger partial charge on any atom is 0.315 e. The molecule has 3 amide bonds. The average molecular weight is 538 g/mol. The second kappa shape index (κ2) is 11.1. The van der Waals surface area contributed by atoms with Crippen molar-refractivity contribution in [3.05, 3.63) is 88.4 Å². The van der Waals surface area contributed by atoms with Crippen molar-refractivity contribution in [3.8, 4) is 5.75 Å². The minimum atomic E-state index is -0.879. The molecule has 0 unspecified atom stereocenters. The number of carbonyl (C=O) groups excluding carboxylic acids is 2. The van der Waals surface area contributed by atoms with Gasteiger partial charge in [-0.05, 0) is 69.9 Å². The highest BCUT2D eigenvalue weighted by Gasteiger charge is 2.34. The van der Waals surface area contributed by atoms with Gasteiger partial charge in [0.05, 0.1) is 12.8 Å². The number of amides is 3. The highest BCUT2D eigenvalue weighted by atomic mass is 79.9. The maximum atomic E-state index is 13.8. The molecule has 8 nitrogen and oxygen atoms in total. The van der Waals surface area contributed by atoms with Gasteiger partial charge in [-0.15, -0.1) is 0 Å². The normalized spacial score (nSPS) is 13.9. The van der Waals surface area contributed by atoms with Gasteiger partial charge < -0.3 is 21.1 Å². The van der Waals surface area contributed by atoms with Gasteiger partial charge in [-0.2, -0.15) is 0 Å². The first-order chi connectivity index (χ1) is 17.0. The van der Waals surface area contributed by atoms with Crippen molar-refractivity contribution in [2.75, 3.05) is 30.9 Å². The molecule has 3 aromatic carbocycles. The van der Waals surface area contributed by atoms with Crippen LogP contribution in [-0.4, -0.2) is 37.1 Å². The van der Waals surface area contributed by atoms with Gasteiger partial charge in [-0.1, -0.05) is 36.4 Å². The van der Waals surface area contributed by atoms with Crippen molar-refractivity contribution in [2.24, 2.45) is 0 Å². The van der Waals surface area contributed by atoms with Gasteiger partial charge in [-0.3, -0.25) is 14.8 Å². The second-order valence-electron chi connectivity index (χ2n) is 8.16. The number of methoxy groups -OCH3 is 1. The number of nitrogens with one attached hydrogen (secondary N) is 2. The number of anilines is 2. The Balaban J connectivity index is 1.54. The summed E-state index contributed by atoms with van der Waals surface area (Å²) in [6, 6.07) is 20.9. The molecule has 1 aliphatic rings. The molecule has 0 bridgehead atoms. The Kier molecular flexibility index (Phi) is 7.77. The molecule has 3 aromatic rings. The highest BCUT2D eigenvalue weighted by molar-refractivity contribution is 9.10. The zero-order chi connectivity index (χ0) is 24.8. The van der Waals surface area contributed by atoms with Crippen LogP contribution in [0.3, 0.4) is 0 Å². The molecule has 0 aliphatic carbocycles. The third-order valence-electron chi connectivity index (χ3n) is 5.82. The molecule has 0 aromatic heterocycles. The number of halogens is 1. The third-order valence-corrected chi connectivity index (χ3v) is 6.49. The standard InChI is InChI=1S/C26H28BrN5O3/c1-35-21-13-9-19(10-14-21)24(30-26(34)29-17-18-7-11-20(28)12-8-18)25(33)32-16-4-15-31(32)23-6-3-2-5-22(23)27/h2-3,5-14,24H,4,15-17,28H2,1H3,(H2,29,30,34)/t24-/m0/s1. The summed E-state index contributed by atoms with van der Waals surface area (Å²) in [5.41, 5.74) is 8.86. The Hall–Kier alpha value is -3.72. The number of nitrogens with two attached hydrogens (primary N) is 1. The van der Waals surface area contributed by atoms with Crippen LogP contribution < -0.4 is 26.1 Å². The number of carbonyl (C=O) groups is 2. The van der Waals surface area contributed by atoms with Crippen LogP contribution in [0.5, 0.6) is 5.75 Å². The molecule has 1 heterocycles. The molecule has 4 rings (SSSR count). The predicted octanol–water partition coefficient (Wildman–Crippen LogP) is 4.23. The largest absolute Gasteiger partial charge is 0.497 e. The molecule has 1 aliphatic heterocycles. The third kappa shape index (κ3) is 5.86. The minimum absolute atomic E-state index is 0.217. The van der Waals surface area contributed by atoms with E-state index in [0.29, 0.717) is 36.6 Å². The molecule has 1 saturated heterocycles. The van der Waals surface area contributed by atoms with Crippen molar-refractivity contribution in [1.82, 2.24) is 15.6 Å². The van der Waals surface area contributed by atoms with Crippen LogP contribution in [0, 0.1) is 0 Å². The number of benzene rings is 3. The Labute approximate surface area is 213 Å². The van der Waals surface area contributed by atoms with E-state index in [0.717, 1.165) is 22.1 Å². The smallest absolute Gasteiger partial charge is 0.315 e. The lowest BCUT2D eigenvalue weighted by Crippen LogP contribution is -2.49. The number of nitrogens with zero attached hydrogens (tertiary/aromatic N) is 2. The number of ether oxygens (including phenoxy) is 1. The zero-order valence-electron chi connectivity index (χ0n) is 19.4. The first kappa shape index (κ1) is 24.4. The monoisotopic (exact) mass is 537 g/mol. The number of para-hydroxylation sites is 1. The summed E-state index contributed by atoms with van der Waals surface area (Å²) in [6.07, 6.45) is 0.825. The van der Waals surface area contributed by atoms with E-state index < -0.39 is 12.1 Å². The molecule has 4 N–H and O–H groups in total. The van der Waals surface area contributed by atoms with Crippen LogP contribution in [-0.2, 0) is 11.3 Å². The Morgan fingerprint density at radius 2 is 1.74 bits per heavy atom. The molecule has 35 heavy (non-hydrogen) atoms. The van der Waals surface area contributed by atoms with Crippen LogP contribution in [0.2, 0.25) is 0 Å². The van der Waals surface area contributed by atoms with E-state index >= 15 is 0 Å². The van der Waals surface area contributed by atoms with Gasteiger partial charge in [0, 0.05) is 29.8 Å². The van der Waals surface area contributed by atoms with Crippen molar-refractivity contribution >= 4 is 39.2 Å². The Morgan fingerprint density at radius 3 is 2.43 bits per heavy atom. The lowest BCUT2D eigenvalue weighted by atomic mass is 10.1. The SMILES string of the molecule is COc1ccc([C@H](NC(=O)NCc2ccc(N)cc2)C(=O)N2CCCN2c2ccccc2Br)cc1. The van der Waals surface area contributed by atoms with E-state index in [-0.39, 0.29) is 5.91 Å². The highest BCUT2D eigenvalue weighted by Crippen LogP contribution is 2.31. The number of hydrogen-bond donors (Lipinski definition) is 3. The van der Waals surface area contributed by atoms with Crippen molar-refractivity contribution in [3.63, 3.8) is 0 Å². The van der Waals surface area contributed by atoms with Gasteiger partial charge in [0.2, 0.25) is 0 Å².